The molecular formula is C23H27FN4O2. The van der Waals surface area contributed by atoms with Crippen LogP contribution in [-0.2, 0) is 4.79 Å². The Hall–Kier alpha value is -2.93. The normalized spacial score (nSPS) is 18.5. The molecular weight excluding hydrogens is 383 g/mol. The molecule has 6 nitrogen and oxygen atoms in total. The number of likely N-dealkylation sites (tertiary alicyclic amines) is 1. The molecule has 0 bridgehead atoms. The van der Waals surface area contributed by atoms with E-state index in [4.69, 9.17) is 0 Å². The summed E-state index contributed by atoms with van der Waals surface area (Å²) in [6.07, 6.45) is 1.39. The van der Waals surface area contributed by atoms with Gasteiger partial charge >= 0.3 is 0 Å². The van der Waals surface area contributed by atoms with E-state index in [1.807, 2.05) is 31.2 Å². The van der Waals surface area contributed by atoms with Crippen LogP contribution in [0.2, 0.25) is 0 Å². The molecule has 2 N–H and O–H groups in total. The first-order valence-corrected chi connectivity index (χ1v) is 10.4. The highest BCUT2D eigenvalue weighted by atomic mass is 19.1. The summed E-state index contributed by atoms with van der Waals surface area (Å²) in [4.78, 5) is 29.3. The fraction of sp³-hybridized carbons (Fsp3) is 0.391. The van der Waals surface area contributed by atoms with Gasteiger partial charge in [-0.3, -0.25) is 9.59 Å². The van der Waals surface area contributed by atoms with Crippen molar-refractivity contribution in [2.75, 3.05) is 37.7 Å². The summed E-state index contributed by atoms with van der Waals surface area (Å²) in [6.45, 7) is 5.28. The molecule has 1 spiro atoms. The predicted molar refractivity (Wildman–Crippen MR) is 114 cm³/mol. The highest BCUT2D eigenvalue weighted by Crippen LogP contribution is 2.36. The number of benzene rings is 2. The summed E-state index contributed by atoms with van der Waals surface area (Å²) in [5.41, 5.74) is 2.06. The van der Waals surface area contributed by atoms with Crippen LogP contribution in [0, 0.1) is 12.7 Å². The van der Waals surface area contributed by atoms with E-state index in [-0.39, 0.29) is 17.6 Å². The van der Waals surface area contributed by atoms with Gasteiger partial charge in [-0.2, -0.15) is 0 Å². The van der Waals surface area contributed by atoms with E-state index in [9.17, 15) is 14.0 Å². The minimum absolute atomic E-state index is 0.0409. The lowest BCUT2D eigenvalue weighted by atomic mass is 9.85. The molecule has 0 aromatic heterocycles. The van der Waals surface area contributed by atoms with E-state index >= 15 is 0 Å². The van der Waals surface area contributed by atoms with Crippen molar-refractivity contribution in [2.45, 2.75) is 25.3 Å². The van der Waals surface area contributed by atoms with Crippen LogP contribution in [0.3, 0.4) is 0 Å². The first-order chi connectivity index (χ1) is 14.5. The number of rotatable bonds is 5. The van der Waals surface area contributed by atoms with Crippen LogP contribution >= 0.6 is 0 Å². The van der Waals surface area contributed by atoms with Crippen LogP contribution in [0.1, 0.15) is 28.8 Å². The van der Waals surface area contributed by atoms with Crippen molar-refractivity contribution in [3.05, 3.63) is 65.5 Å². The highest BCUT2D eigenvalue weighted by Gasteiger charge is 2.50. The number of hydrogen-bond donors (Lipinski definition) is 2. The Morgan fingerprint density at radius 3 is 2.43 bits per heavy atom. The molecule has 2 saturated heterocycles. The lowest BCUT2D eigenvalue weighted by molar-refractivity contribution is -0.125. The van der Waals surface area contributed by atoms with E-state index in [1.165, 1.54) is 12.1 Å². The zero-order valence-corrected chi connectivity index (χ0v) is 17.2. The molecule has 158 valence electrons. The van der Waals surface area contributed by atoms with Crippen molar-refractivity contribution in [1.82, 2.24) is 15.5 Å². The SMILES string of the molecule is Cc1ccc(C(=O)NCCN2CCC3(CC2)C(=O)NCN3c2ccc(F)cc2)cc1. The Kier molecular flexibility index (Phi) is 5.72. The molecule has 7 heteroatoms. The second-order valence-corrected chi connectivity index (χ2v) is 8.06. The molecule has 2 fully saturated rings. The number of aryl methyl sites for hydroxylation is 1. The zero-order valence-electron chi connectivity index (χ0n) is 17.2. The first kappa shape index (κ1) is 20.3. The molecule has 30 heavy (non-hydrogen) atoms. The number of carbonyl (C=O) groups excluding carboxylic acids is 2. The Morgan fingerprint density at radius 2 is 1.77 bits per heavy atom. The van der Waals surface area contributed by atoms with Crippen molar-refractivity contribution < 1.29 is 14.0 Å². The molecule has 0 atom stereocenters. The monoisotopic (exact) mass is 410 g/mol. The fourth-order valence-electron chi connectivity index (χ4n) is 4.33. The molecule has 2 amide bonds. The molecule has 2 aromatic rings. The van der Waals surface area contributed by atoms with Gasteiger partial charge in [0.25, 0.3) is 5.91 Å². The van der Waals surface area contributed by atoms with Gasteiger partial charge < -0.3 is 20.4 Å². The molecule has 0 unspecified atom stereocenters. The third kappa shape index (κ3) is 4.03. The van der Waals surface area contributed by atoms with Gasteiger partial charge in [-0.1, -0.05) is 17.7 Å². The molecule has 2 aliphatic rings. The van der Waals surface area contributed by atoms with Crippen LogP contribution in [0.15, 0.2) is 48.5 Å². The second-order valence-electron chi connectivity index (χ2n) is 8.06. The van der Waals surface area contributed by atoms with Gasteiger partial charge in [0.05, 0.1) is 6.67 Å². The number of hydrogen-bond acceptors (Lipinski definition) is 4. The van der Waals surface area contributed by atoms with Crippen molar-refractivity contribution >= 4 is 17.5 Å². The van der Waals surface area contributed by atoms with E-state index in [1.54, 1.807) is 12.1 Å². The Bertz CT molecular complexity index is 906. The maximum atomic E-state index is 13.3. The Morgan fingerprint density at radius 1 is 1.10 bits per heavy atom. The predicted octanol–water partition coefficient (Wildman–Crippen LogP) is 2.29. The van der Waals surface area contributed by atoms with Crippen molar-refractivity contribution in [3.8, 4) is 0 Å². The quantitative estimate of drug-likeness (QED) is 0.794. The number of nitrogens with one attached hydrogen (secondary N) is 2. The average Bonchev–Trinajstić information content (AvgIpc) is 3.06. The van der Waals surface area contributed by atoms with E-state index in [2.05, 4.69) is 20.4 Å². The lowest BCUT2D eigenvalue weighted by Crippen LogP contribution is -2.57. The maximum absolute atomic E-state index is 13.3. The van der Waals surface area contributed by atoms with Gasteiger partial charge in [0.1, 0.15) is 11.4 Å². The number of carbonyl (C=O) groups is 2. The van der Waals surface area contributed by atoms with Gasteiger partial charge in [0.2, 0.25) is 5.91 Å². The molecule has 4 rings (SSSR count). The summed E-state index contributed by atoms with van der Waals surface area (Å²) in [7, 11) is 0. The summed E-state index contributed by atoms with van der Waals surface area (Å²) < 4.78 is 13.3. The summed E-state index contributed by atoms with van der Waals surface area (Å²) in [5.74, 6) is -0.311. The van der Waals surface area contributed by atoms with Crippen LogP contribution < -0.4 is 15.5 Å². The van der Waals surface area contributed by atoms with Crippen LogP contribution in [0.25, 0.3) is 0 Å². The number of piperidine rings is 1. The maximum Gasteiger partial charge on any atom is 0.251 e. The number of amides is 2. The van der Waals surface area contributed by atoms with Crippen LogP contribution in [0.4, 0.5) is 10.1 Å². The Balaban J connectivity index is 1.31. The first-order valence-electron chi connectivity index (χ1n) is 10.4. The van der Waals surface area contributed by atoms with E-state index in [0.717, 1.165) is 30.9 Å². The minimum Gasteiger partial charge on any atom is -0.351 e. The molecule has 0 saturated carbocycles. The van der Waals surface area contributed by atoms with Crippen LogP contribution in [0.5, 0.6) is 0 Å². The van der Waals surface area contributed by atoms with Gasteiger partial charge in [-0.05, 0) is 56.2 Å². The van der Waals surface area contributed by atoms with Gasteiger partial charge in [-0.25, -0.2) is 4.39 Å². The molecule has 2 heterocycles. The minimum atomic E-state index is -0.584. The molecule has 0 radical (unpaired) electrons. The van der Waals surface area contributed by atoms with E-state index < -0.39 is 5.54 Å². The summed E-state index contributed by atoms with van der Waals surface area (Å²) in [5, 5.41) is 5.93. The van der Waals surface area contributed by atoms with Crippen molar-refractivity contribution in [1.29, 1.82) is 0 Å². The topological polar surface area (TPSA) is 64.7 Å². The van der Waals surface area contributed by atoms with E-state index in [0.29, 0.717) is 31.6 Å². The number of halogens is 1. The zero-order chi connectivity index (χ0) is 21.1. The Labute approximate surface area is 176 Å². The largest absolute Gasteiger partial charge is 0.351 e. The number of anilines is 1. The lowest BCUT2D eigenvalue weighted by Gasteiger charge is -2.43. The summed E-state index contributed by atoms with van der Waals surface area (Å²) >= 11 is 0. The molecule has 0 aliphatic carbocycles. The molecule has 2 aromatic carbocycles. The third-order valence-electron chi connectivity index (χ3n) is 6.19. The fourth-order valence-corrected chi connectivity index (χ4v) is 4.33. The smallest absolute Gasteiger partial charge is 0.251 e. The van der Waals surface area contributed by atoms with Crippen molar-refractivity contribution in [2.24, 2.45) is 0 Å². The average molecular weight is 410 g/mol. The van der Waals surface area contributed by atoms with Crippen LogP contribution in [-0.4, -0.2) is 55.1 Å². The standard InChI is InChI=1S/C23H27FN4O2/c1-17-2-4-18(5-3-17)21(29)25-12-15-27-13-10-23(11-14-27)22(30)26-16-28(23)20-8-6-19(24)7-9-20/h2-9H,10-16H2,1H3,(H,25,29)(H,26,30). The second kappa shape index (κ2) is 8.44. The van der Waals surface area contributed by atoms with Gasteiger partial charge in [0.15, 0.2) is 0 Å². The highest BCUT2D eigenvalue weighted by molar-refractivity contribution is 5.94. The van der Waals surface area contributed by atoms with Crippen molar-refractivity contribution in [3.63, 3.8) is 0 Å². The van der Waals surface area contributed by atoms with Gasteiger partial charge in [0, 0.05) is 37.4 Å². The third-order valence-corrected chi connectivity index (χ3v) is 6.19. The summed E-state index contributed by atoms with van der Waals surface area (Å²) in [6, 6.07) is 13.8. The number of nitrogens with zero attached hydrogens (tertiary/aromatic N) is 2. The van der Waals surface area contributed by atoms with Gasteiger partial charge in [-0.15, -0.1) is 0 Å². The molecule has 2 aliphatic heterocycles.